The summed E-state index contributed by atoms with van der Waals surface area (Å²) in [6.45, 7) is 17.8. The molecule has 3 aromatic heterocycles. The van der Waals surface area contributed by atoms with Gasteiger partial charge in [0.1, 0.15) is 5.82 Å². The summed E-state index contributed by atoms with van der Waals surface area (Å²) in [4.78, 5) is 4.82. The van der Waals surface area contributed by atoms with Crippen LogP contribution in [-0.4, -0.2) is 19.3 Å². The van der Waals surface area contributed by atoms with Gasteiger partial charge in [-0.25, -0.2) is 4.98 Å². The van der Waals surface area contributed by atoms with E-state index in [4.69, 9.17) is 14.8 Å². The van der Waals surface area contributed by atoms with E-state index in [-0.39, 0.29) is 26.3 Å². The number of nitrogens with zero attached hydrogens (tertiary/aromatic N) is 4. The van der Waals surface area contributed by atoms with E-state index >= 15 is 0 Å². The van der Waals surface area contributed by atoms with E-state index in [1.54, 1.807) is 0 Å². The van der Waals surface area contributed by atoms with Gasteiger partial charge in [0, 0.05) is 34.5 Å². The van der Waals surface area contributed by atoms with Crippen LogP contribution in [0.1, 0.15) is 99.9 Å². The molecule has 7 rings (SSSR count). The molecule has 0 amide bonds. The number of benzene rings is 4. The molecule has 0 spiro atoms. The molecule has 0 aliphatic carbocycles. The van der Waals surface area contributed by atoms with Crippen molar-refractivity contribution in [3.05, 3.63) is 131 Å². The number of pyridine rings is 1. The molecule has 5 nitrogen and oxygen atoms in total. The SMILES string of the molecule is CCCc1nn(-c2[c-]c(Oc3[c-]c4c(cc3)c3ccccc3n4-c3cc(C(C)C)ccn3)cc(C(C)C)c2)c(CCC)c1-c1c(C)cccc1C.[Pd+2]. The Morgan fingerprint density at radius 3 is 2.15 bits per heavy atom. The second kappa shape index (κ2) is 15.6. The van der Waals surface area contributed by atoms with Crippen molar-refractivity contribution >= 4 is 21.8 Å². The van der Waals surface area contributed by atoms with Crippen molar-refractivity contribution in [2.45, 2.75) is 92.9 Å². The van der Waals surface area contributed by atoms with E-state index in [9.17, 15) is 0 Å². The number of aryl methyl sites for hydroxylation is 3. The molecular formula is C46H48N4OPd. The Morgan fingerprint density at radius 2 is 1.44 bits per heavy atom. The zero-order chi connectivity index (χ0) is 35.8. The molecule has 4 aromatic carbocycles. The Morgan fingerprint density at radius 1 is 0.712 bits per heavy atom. The minimum Gasteiger partial charge on any atom is -0.509 e. The molecule has 0 saturated carbocycles. The summed E-state index contributed by atoms with van der Waals surface area (Å²) in [6.07, 6.45) is 5.77. The molecule has 0 fully saturated rings. The molecule has 0 saturated heterocycles. The molecule has 6 heteroatoms. The Bertz CT molecular complexity index is 2340. The molecule has 268 valence electrons. The van der Waals surface area contributed by atoms with E-state index in [0.29, 0.717) is 17.4 Å². The first-order valence-electron chi connectivity index (χ1n) is 18.5. The van der Waals surface area contributed by atoms with E-state index < -0.39 is 0 Å². The van der Waals surface area contributed by atoms with Gasteiger partial charge in [0.2, 0.25) is 0 Å². The Balaban J connectivity index is 0.00000464. The smallest absolute Gasteiger partial charge is 0.509 e. The summed E-state index contributed by atoms with van der Waals surface area (Å²) in [7, 11) is 0. The van der Waals surface area contributed by atoms with Crippen LogP contribution >= 0.6 is 0 Å². The topological polar surface area (TPSA) is 44.9 Å². The first-order valence-corrected chi connectivity index (χ1v) is 18.5. The molecule has 0 radical (unpaired) electrons. The quantitative estimate of drug-likeness (QED) is 0.0970. The maximum absolute atomic E-state index is 6.71. The summed E-state index contributed by atoms with van der Waals surface area (Å²) in [5.74, 6) is 2.83. The third-order valence-corrected chi connectivity index (χ3v) is 9.95. The molecule has 0 unspecified atom stereocenters. The first kappa shape index (κ1) is 37.3. The van der Waals surface area contributed by atoms with Crippen LogP contribution in [0.3, 0.4) is 0 Å². The number of hydrogen-bond donors (Lipinski definition) is 0. The van der Waals surface area contributed by atoms with Gasteiger partial charge in [0.05, 0.1) is 5.69 Å². The van der Waals surface area contributed by atoms with Crippen molar-refractivity contribution < 1.29 is 25.2 Å². The van der Waals surface area contributed by atoms with Crippen LogP contribution in [0.25, 0.3) is 44.4 Å². The standard InChI is InChI=1S/C46H48N4O.Pd/c1-9-14-40-46(45-31(7)16-13-17-32(45)8)42(15-10-2)50(48-40)35-24-34(30(5)6)25-37(27-35)51-36-20-21-39-38-18-11-12-19-41(38)49(43(39)28-36)44-26-33(29(3)4)22-23-47-44;/h11-13,16-26,29-30H,9-10,14-15H2,1-8H3;/q-2;+2. The summed E-state index contributed by atoms with van der Waals surface area (Å²) in [5.41, 5.74) is 12.9. The van der Waals surface area contributed by atoms with Crippen LogP contribution in [0, 0.1) is 26.0 Å². The van der Waals surface area contributed by atoms with Crippen LogP contribution in [0.15, 0.2) is 85.1 Å². The van der Waals surface area contributed by atoms with Crippen molar-refractivity contribution in [2.75, 3.05) is 0 Å². The van der Waals surface area contributed by atoms with E-state index in [1.807, 2.05) is 12.3 Å². The summed E-state index contributed by atoms with van der Waals surface area (Å²) in [6, 6.07) is 35.1. The number of para-hydroxylation sites is 1. The molecule has 3 heterocycles. The minimum absolute atomic E-state index is 0. The van der Waals surface area contributed by atoms with Crippen molar-refractivity contribution in [3.8, 4) is 34.1 Å². The van der Waals surface area contributed by atoms with E-state index in [2.05, 4.69) is 150 Å². The van der Waals surface area contributed by atoms with E-state index in [0.717, 1.165) is 64.7 Å². The van der Waals surface area contributed by atoms with Crippen molar-refractivity contribution in [1.82, 2.24) is 19.3 Å². The fourth-order valence-corrected chi connectivity index (χ4v) is 7.34. The Kier molecular flexibility index (Phi) is 11.2. The largest absolute Gasteiger partial charge is 2.00 e. The van der Waals surface area contributed by atoms with Gasteiger partial charge in [-0.2, -0.15) is 11.2 Å². The molecule has 0 aliphatic rings. The molecule has 0 N–H and O–H groups in total. The molecule has 52 heavy (non-hydrogen) atoms. The zero-order valence-corrected chi connectivity index (χ0v) is 33.1. The van der Waals surface area contributed by atoms with Crippen molar-refractivity contribution in [1.29, 1.82) is 0 Å². The van der Waals surface area contributed by atoms with Gasteiger partial charge in [-0.05, 0) is 90.1 Å². The summed E-state index contributed by atoms with van der Waals surface area (Å²) in [5, 5.41) is 7.61. The molecule has 0 aliphatic heterocycles. The van der Waals surface area contributed by atoms with E-state index in [1.165, 1.54) is 39.1 Å². The maximum Gasteiger partial charge on any atom is 2.00 e. The third kappa shape index (κ3) is 7.00. The van der Waals surface area contributed by atoms with Crippen molar-refractivity contribution in [3.63, 3.8) is 0 Å². The van der Waals surface area contributed by atoms with Crippen LogP contribution in [0.4, 0.5) is 0 Å². The monoisotopic (exact) mass is 778 g/mol. The van der Waals surface area contributed by atoms with Crippen LogP contribution in [0.5, 0.6) is 11.5 Å². The maximum atomic E-state index is 6.71. The predicted molar refractivity (Wildman–Crippen MR) is 211 cm³/mol. The van der Waals surface area contributed by atoms with Crippen LogP contribution in [0.2, 0.25) is 0 Å². The second-order valence-electron chi connectivity index (χ2n) is 14.4. The average Bonchev–Trinajstić information content (AvgIpc) is 3.63. The van der Waals surface area contributed by atoms with Gasteiger partial charge in [0.25, 0.3) is 0 Å². The number of fused-ring (bicyclic) bond motifs is 3. The first-order chi connectivity index (χ1) is 24.7. The van der Waals surface area contributed by atoms with Crippen LogP contribution < -0.4 is 4.74 Å². The predicted octanol–water partition coefficient (Wildman–Crippen LogP) is 12.2. The summed E-state index contributed by atoms with van der Waals surface area (Å²) >= 11 is 0. The Hall–Kier alpha value is -4.50. The zero-order valence-electron chi connectivity index (χ0n) is 31.6. The summed E-state index contributed by atoms with van der Waals surface area (Å²) < 4.78 is 11.1. The van der Waals surface area contributed by atoms with Gasteiger partial charge < -0.3 is 9.30 Å². The third-order valence-electron chi connectivity index (χ3n) is 9.95. The number of ether oxygens (including phenoxy) is 1. The Labute approximate surface area is 322 Å². The van der Waals surface area contributed by atoms with Gasteiger partial charge in [-0.15, -0.1) is 41.3 Å². The molecular weight excluding hydrogens is 731 g/mol. The van der Waals surface area contributed by atoms with Crippen molar-refractivity contribution in [2.24, 2.45) is 0 Å². The van der Waals surface area contributed by atoms with Gasteiger partial charge in [-0.1, -0.05) is 96.3 Å². The van der Waals surface area contributed by atoms with Gasteiger partial charge in [-0.3, -0.25) is 4.68 Å². The fraction of sp³-hybridized carbons (Fsp3) is 0.304. The number of rotatable bonds is 11. The average molecular weight is 779 g/mol. The second-order valence-corrected chi connectivity index (χ2v) is 14.4. The van der Waals surface area contributed by atoms with Gasteiger partial charge >= 0.3 is 20.4 Å². The number of hydrogen-bond acceptors (Lipinski definition) is 3. The number of aromatic nitrogens is 4. The molecule has 0 bridgehead atoms. The van der Waals surface area contributed by atoms with Gasteiger partial charge in [0.15, 0.2) is 0 Å². The van der Waals surface area contributed by atoms with Crippen LogP contribution in [-0.2, 0) is 33.3 Å². The molecule has 7 aromatic rings. The normalized spacial score (nSPS) is 11.6. The fourth-order valence-electron chi connectivity index (χ4n) is 7.34. The minimum atomic E-state index is 0. The molecule has 0 atom stereocenters.